The van der Waals surface area contributed by atoms with Crippen LogP contribution in [-0.4, -0.2) is 16.6 Å². The van der Waals surface area contributed by atoms with Crippen molar-refractivity contribution in [2.75, 3.05) is 6.61 Å². The lowest BCUT2D eigenvalue weighted by Crippen LogP contribution is -2.10. The maximum atomic E-state index is 6.01. The molecule has 0 fully saturated rings. The molecule has 1 atom stereocenters. The standard InChI is InChI=1S/C11H16BrClN2O/c1-4-6-8(16-5-2)11-14-7(3)9(12)10(13)15-11/h8H,4-6H2,1-3H3. The summed E-state index contributed by atoms with van der Waals surface area (Å²) in [6.07, 6.45) is 1.88. The van der Waals surface area contributed by atoms with E-state index in [0.29, 0.717) is 17.6 Å². The number of aryl methyl sites for hydroxylation is 1. The van der Waals surface area contributed by atoms with Crippen molar-refractivity contribution in [3.63, 3.8) is 0 Å². The molecule has 3 nitrogen and oxygen atoms in total. The van der Waals surface area contributed by atoms with Gasteiger partial charge in [-0.2, -0.15) is 0 Å². The van der Waals surface area contributed by atoms with Crippen LogP contribution in [0.1, 0.15) is 44.3 Å². The highest BCUT2D eigenvalue weighted by Crippen LogP contribution is 2.27. The Labute approximate surface area is 110 Å². The van der Waals surface area contributed by atoms with E-state index in [-0.39, 0.29) is 6.10 Å². The molecule has 0 spiro atoms. The van der Waals surface area contributed by atoms with E-state index in [2.05, 4.69) is 32.8 Å². The average molecular weight is 308 g/mol. The van der Waals surface area contributed by atoms with Crippen molar-refractivity contribution < 1.29 is 4.74 Å². The van der Waals surface area contributed by atoms with Gasteiger partial charge < -0.3 is 4.74 Å². The fourth-order valence-electron chi connectivity index (χ4n) is 1.44. The van der Waals surface area contributed by atoms with Crippen LogP contribution in [0.25, 0.3) is 0 Å². The molecule has 0 bridgehead atoms. The van der Waals surface area contributed by atoms with E-state index < -0.39 is 0 Å². The van der Waals surface area contributed by atoms with Crippen LogP contribution < -0.4 is 0 Å². The first-order valence-corrected chi connectivity index (χ1v) is 6.58. The zero-order valence-electron chi connectivity index (χ0n) is 9.76. The first-order chi connectivity index (χ1) is 7.60. The third-order valence-electron chi connectivity index (χ3n) is 2.20. The Hall–Kier alpha value is -0.190. The van der Waals surface area contributed by atoms with Gasteiger partial charge in [-0.05, 0) is 36.2 Å². The predicted octanol–water partition coefficient (Wildman–Crippen LogP) is 4.08. The highest BCUT2D eigenvalue weighted by atomic mass is 79.9. The topological polar surface area (TPSA) is 35.0 Å². The minimum atomic E-state index is -0.0562. The third kappa shape index (κ3) is 3.40. The minimum absolute atomic E-state index is 0.0562. The Morgan fingerprint density at radius 2 is 2.06 bits per heavy atom. The number of rotatable bonds is 5. The van der Waals surface area contributed by atoms with E-state index in [1.54, 1.807) is 0 Å². The highest BCUT2D eigenvalue weighted by molar-refractivity contribution is 9.10. The zero-order chi connectivity index (χ0) is 12.1. The van der Waals surface area contributed by atoms with Crippen molar-refractivity contribution in [2.24, 2.45) is 0 Å². The van der Waals surface area contributed by atoms with Crippen LogP contribution in [0.5, 0.6) is 0 Å². The molecule has 0 radical (unpaired) electrons. The minimum Gasteiger partial charge on any atom is -0.371 e. The van der Waals surface area contributed by atoms with Gasteiger partial charge in [0.2, 0.25) is 0 Å². The maximum absolute atomic E-state index is 6.01. The van der Waals surface area contributed by atoms with E-state index in [9.17, 15) is 0 Å². The van der Waals surface area contributed by atoms with Crippen molar-refractivity contribution in [3.8, 4) is 0 Å². The lowest BCUT2D eigenvalue weighted by Gasteiger charge is -2.15. The van der Waals surface area contributed by atoms with Crippen molar-refractivity contribution in [2.45, 2.75) is 39.7 Å². The van der Waals surface area contributed by atoms with Gasteiger partial charge >= 0.3 is 0 Å². The second-order valence-electron chi connectivity index (χ2n) is 3.50. The molecule has 0 aliphatic carbocycles. The number of halogens is 2. The van der Waals surface area contributed by atoms with Crippen molar-refractivity contribution in [3.05, 3.63) is 21.1 Å². The van der Waals surface area contributed by atoms with Crippen molar-refractivity contribution in [1.29, 1.82) is 0 Å². The number of ether oxygens (including phenoxy) is 1. The Morgan fingerprint density at radius 1 is 1.38 bits per heavy atom. The Balaban J connectivity index is 3.00. The molecule has 5 heteroatoms. The molecule has 0 saturated carbocycles. The highest BCUT2D eigenvalue weighted by Gasteiger charge is 2.16. The largest absolute Gasteiger partial charge is 0.371 e. The average Bonchev–Trinajstić information content (AvgIpc) is 2.25. The van der Waals surface area contributed by atoms with Crippen LogP contribution in [0.3, 0.4) is 0 Å². The number of hydrogen-bond donors (Lipinski definition) is 0. The van der Waals surface area contributed by atoms with E-state index in [0.717, 1.165) is 23.0 Å². The van der Waals surface area contributed by atoms with Crippen LogP contribution in [0.2, 0.25) is 5.15 Å². The fourth-order valence-corrected chi connectivity index (χ4v) is 1.84. The van der Waals surface area contributed by atoms with Gasteiger partial charge in [-0.15, -0.1) is 0 Å². The summed E-state index contributed by atoms with van der Waals surface area (Å²) in [5, 5.41) is 0.448. The summed E-state index contributed by atoms with van der Waals surface area (Å²) in [6.45, 7) is 6.63. The van der Waals surface area contributed by atoms with E-state index in [4.69, 9.17) is 16.3 Å². The molecular formula is C11H16BrClN2O. The van der Waals surface area contributed by atoms with Gasteiger partial charge in [-0.1, -0.05) is 24.9 Å². The fraction of sp³-hybridized carbons (Fsp3) is 0.636. The molecule has 0 aliphatic rings. The van der Waals surface area contributed by atoms with Gasteiger partial charge in [0.1, 0.15) is 11.3 Å². The zero-order valence-corrected chi connectivity index (χ0v) is 12.1. The SMILES string of the molecule is CCCC(OCC)c1nc(C)c(Br)c(Cl)n1. The van der Waals surface area contributed by atoms with Gasteiger partial charge in [0.05, 0.1) is 10.2 Å². The van der Waals surface area contributed by atoms with Gasteiger partial charge in [-0.3, -0.25) is 0 Å². The Morgan fingerprint density at radius 3 is 2.56 bits per heavy atom. The Bertz CT molecular complexity index is 331. The van der Waals surface area contributed by atoms with Gasteiger partial charge in [-0.25, -0.2) is 9.97 Å². The lowest BCUT2D eigenvalue weighted by molar-refractivity contribution is 0.0492. The summed E-state index contributed by atoms with van der Waals surface area (Å²) in [6, 6.07) is 0. The smallest absolute Gasteiger partial charge is 0.159 e. The molecule has 0 amide bonds. The first kappa shape index (κ1) is 13.9. The molecule has 1 unspecified atom stereocenters. The van der Waals surface area contributed by atoms with Gasteiger partial charge in [0.25, 0.3) is 0 Å². The van der Waals surface area contributed by atoms with Crippen LogP contribution >= 0.6 is 27.5 Å². The van der Waals surface area contributed by atoms with Crippen LogP contribution in [-0.2, 0) is 4.74 Å². The molecule has 1 aromatic rings. The second kappa shape index (κ2) is 6.52. The Kier molecular flexibility index (Phi) is 5.66. The molecular weight excluding hydrogens is 291 g/mol. The monoisotopic (exact) mass is 306 g/mol. The summed E-state index contributed by atoms with van der Waals surface area (Å²) in [5.41, 5.74) is 0.843. The summed E-state index contributed by atoms with van der Waals surface area (Å²) in [7, 11) is 0. The molecule has 0 N–H and O–H groups in total. The molecule has 1 rings (SSSR count). The molecule has 0 aliphatic heterocycles. The van der Waals surface area contributed by atoms with E-state index in [1.807, 2.05) is 13.8 Å². The molecule has 0 saturated heterocycles. The second-order valence-corrected chi connectivity index (χ2v) is 4.66. The molecule has 1 aromatic heterocycles. The van der Waals surface area contributed by atoms with E-state index in [1.165, 1.54) is 0 Å². The summed E-state index contributed by atoms with van der Waals surface area (Å²) < 4.78 is 6.37. The molecule has 0 aromatic carbocycles. The van der Waals surface area contributed by atoms with Crippen molar-refractivity contribution >= 4 is 27.5 Å². The van der Waals surface area contributed by atoms with Gasteiger partial charge in [0.15, 0.2) is 5.82 Å². The third-order valence-corrected chi connectivity index (χ3v) is 3.65. The van der Waals surface area contributed by atoms with Crippen LogP contribution in [0.15, 0.2) is 4.47 Å². The van der Waals surface area contributed by atoms with Crippen LogP contribution in [0.4, 0.5) is 0 Å². The predicted molar refractivity (Wildman–Crippen MR) is 68.8 cm³/mol. The molecule has 1 heterocycles. The lowest BCUT2D eigenvalue weighted by atomic mass is 10.2. The van der Waals surface area contributed by atoms with Gasteiger partial charge in [0, 0.05) is 6.61 Å². The molecule has 16 heavy (non-hydrogen) atoms. The van der Waals surface area contributed by atoms with E-state index >= 15 is 0 Å². The van der Waals surface area contributed by atoms with Crippen LogP contribution in [0, 0.1) is 6.92 Å². The summed E-state index contributed by atoms with van der Waals surface area (Å²) >= 11 is 9.35. The quantitative estimate of drug-likeness (QED) is 0.769. The molecule has 90 valence electrons. The van der Waals surface area contributed by atoms with Crippen molar-refractivity contribution in [1.82, 2.24) is 9.97 Å². The number of aromatic nitrogens is 2. The summed E-state index contributed by atoms with van der Waals surface area (Å²) in [5.74, 6) is 0.675. The number of hydrogen-bond acceptors (Lipinski definition) is 3. The first-order valence-electron chi connectivity index (χ1n) is 5.41. The normalized spacial score (nSPS) is 12.8. The summed E-state index contributed by atoms with van der Waals surface area (Å²) in [4.78, 5) is 8.66. The number of nitrogens with zero attached hydrogens (tertiary/aromatic N) is 2. The maximum Gasteiger partial charge on any atom is 0.159 e.